The number of hydrogen-bond acceptors (Lipinski definition) is 7. The van der Waals surface area contributed by atoms with E-state index in [-0.39, 0.29) is 29.4 Å². The lowest BCUT2D eigenvalue weighted by Crippen LogP contribution is -2.31. The summed E-state index contributed by atoms with van der Waals surface area (Å²) in [6, 6.07) is 11.7. The topological polar surface area (TPSA) is 102 Å². The third-order valence-electron chi connectivity index (χ3n) is 4.08. The van der Waals surface area contributed by atoms with Crippen molar-refractivity contribution in [1.29, 1.82) is 0 Å². The molecule has 7 nitrogen and oxygen atoms in total. The monoisotopic (exact) mass is 474 g/mol. The summed E-state index contributed by atoms with van der Waals surface area (Å²) >= 11 is 2.67. The van der Waals surface area contributed by atoms with Gasteiger partial charge in [0.05, 0.1) is 17.0 Å². The van der Waals surface area contributed by atoms with E-state index >= 15 is 0 Å². The summed E-state index contributed by atoms with van der Waals surface area (Å²) < 4.78 is 5.24. The number of nitrogens with one attached hydrogen (secondary N) is 2. The molecule has 0 aliphatic heterocycles. The summed E-state index contributed by atoms with van der Waals surface area (Å²) in [7, 11) is 0. The Labute approximate surface area is 196 Å². The summed E-state index contributed by atoms with van der Waals surface area (Å²) in [5.74, 6) is -1.25. The standard InChI is InChI=1S/C23H26N2O5S2/c1-14(2)24-22(28)13-32-20-8-6-5-7-17(20)23(29)30-12-19(27)16-9-10-21(31-4)18(11-16)25-15(3)26/h5-11,14H,12-13H2,1-4H3,(H,24,28)(H,25,26). The lowest BCUT2D eigenvalue weighted by Gasteiger charge is -2.12. The van der Waals surface area contributed by atoms with Crippen molar-refractivity contribution in [1.82, 2.24) is 5.32 Å². The normalized spacial score (nSPS) is 10.5. The summed E-state index contributed by atoms with van der Waals surface area (Å²) in [6.07, 6.45) is 1.87. The van der Waals surface area contributed by atoms with Crippen LogP contribution in [0.25, 0.3) is 0 Å². The van der Waals surface area contributed by atoms with E-state index in [2.05, 4.69) is 10.6 Å². The molecule has 9 heteroatoms. The molecule has 0 unspecified atom stereocenters. The number of ketones is 1. The fraction of sp³-hybridized carbons (Fsp3) is 0.304. The van der Waals surface area contributed by atoms with Crippen molar-refractivity contribution in [2.24, 2.45) is 0 Å². The molecule has 0 radical (unpaired) electrons. The molecule has 2 amide bonds. The molecule has 2 N–H and O–H groups in total. The van der Waals surface area contributed by atoms with Gasteiger partial charge in [-0.05, 0) is 44.4 Å². The maximum absolute atomic E-state index is 12.6. The van der Waals surface area contributed by atoms with Crippen molar-refractivity contribution in [2.75, 3.05) is 23.9 Å². The van der Waals surface area contributed by atoms with Crippen molar-refractivity contribution < 1.29 is 23.9 Å². The average Bonchev–Trinajstić information content (AvgIpc) is 2.75. The van der Waals surface area contributed by atoms with Crippen LogP contribution < -0.4 is 10.6 Å². The highest BCUT2D eigenvalue weighted by atomic mass is 32.2. The molecule has 32 heavy (non-hydrogen) atoms. The van der Waals surface area contributed by atoms with E-state index in [9.17, 15) is 19.2 Å². The second kappa shape index (κ2) is 12.3. The van der Waals surface area contributed by atoms with Gasteiger partial charge in [0.1, 0.15) is 0 Å². The number of benzene rings is 2. The van der Waals surface area contributed by atoms with E-state index in [1.165, 1.54) is 30.4 Å². The van der Waals surface area contributed by atoms with Crippen molar-refractivity contribution in [3.8, 4) is 0 Å². The predicted octanol–water partition coefficient (Wildman–Crippen LogP) is 4.02. The molecule has 2 aromatic carbocycles. The van der Waals surface area contributed by atoms with Crippen LogP contribution in [0.15, 0.2) is 52.3 Å². The van der Waals surface area contributed by atoms with E-state index in [0.29, 0.717) is 21.7 Å². The third kappa shape index (κ3) is 7.72. The molecule has 2 rings (SSSR count). The van der Waals surface area contributed by atoms with Crippen LogP contribution in [0.2, 0.25) is 0 Å². The van der Waals surface area contributed by atoms with Gasteiger partial charge < -0.3 is 15.4 Å². The molecule has 170 valence electrons. The fourth-order valence-electron chi connectivity index (χ4n) is 2.73. The van der Waals surface area contributed by atoms with E-state index in [1.807, 2.05) is 20.1 Å². The number of amides is 2. The maximum atomic E-state index is 12.6. The van der Waals surface area contributed by atoms with Crippen molar-refractivity contribution in [2.45, 2.75) is 36.6 Å². The molecular formula is C23H26N2O5S2. The van der Waals surface area contributed by atoms with Crippen LogP contribution >= 0.6 is 23.5 Å². The predicted molar refractivity (Wildman–Crippen MR) is 128 cm³/mol. The van der Waals surface area contributed by atoms with Crippen LogP contribution in [0.5, 0.6) is 0 Å². The van der Waals surface area contributed by atoms with Crippen LogP contribution in [0.4, 0.5) is 5.69 Å². The second-order valence-corrected chi connectivity index (χ2v) is 8.97. The molecule has 0 aromatic heterocycles. The zero-order valence-corrected chi connectivity index (χ0v) is 20.0. The van der Waals surface area contributed by atoms with Crippen LogP contribution in [0, 0.1) is 0 Å². The average molecular weight is 475 g/mol. The molecular weight excluding hydrogens is 448 g/mol. The van der Waals surface area contributed by atoms with Crippen LogP contribution in [0.3, 0.4) is 0 Å². The van der Waals surface area contributed by atoms with Gasteiger partial charge in [-0.15, -0.1) is 23.5 Å². The number of hydrogen-bond donors (Lipinski definition) is 2. The van der Waals surface area contributed by atoms with Crippen molar-refractivity contribution in [3.63, 3.8) is 0 Å². The summed E-state index contributed by atoms with van der Waals surface area (Å²) in [5, 5.41) is 5.49. The highest BCUT2D eigenvalue weighted by molar-refractivity contribution is 8.00. The fourth-order valence-corrected chi connectivity index (χ4v) is 4.11. The van der Waals surface area contributed by atoms with Gasteiger partial charge in [0.15, 0.2) is 12.4 Å². The van der Waals surface area contributed by atoms with Gasteiger partial charge in [0, 0.05) is 28.3 Å². The van der Waals surface area contributed by atoms with Gasteiger partial charge in [-0.1, -0.05) is 18.2 Å². The lowest BCUT2D eigenvalue weighted by molar-refractivity contribution is -0.119. The third-order valence-corrected chi connectivity index (χ3v) is 5.95. The molecule has 0 bridgehead atoms. The Balaban J connectivity index is 2.04. The molecule has 0 aliphatic carbocycles. The first-order valence-electron chi connectivity index (χ1n) is 9.88. The SMILES string of the molecule is CSc1ccc(C(=O)COC(=O)c2ccccc2SCC(=O)NC(C)C)cc1NC(C)=O. The highest BCUT2D eigenvalue weighted by Gasteiger charge is 2.17. The van der Waals surface area contributed by atoms with Gasteiger partial charge >= 0.3 is 5.97 Å². The number of carbonyl (C=O) groups excluding carboxylic acids is 4. The molecule has 0 fully saturated rings. The molecule has 0 atom stereocenters. The number of esters is 1. The Kier molecular flexibility index (Phi) is 9.80. The number of carbonyl (C=O) groups is 4. The smallest absolute Gasteiger partial charge is 0.339 e. The van der Waals surface area contributed by atoms with Gasteiger partial charge in [0.25, 0.3) is 0 Å². The van der Waals surface area contributed by atoms with Gasteiger partial charge in [-0.3, -0.25) is 14.4 Å². The second-order valence-electron chi connectivity index (χ2n) is 7.10. The minimum Gasteiger partial charge on any atom is -0.454 e. The number of rotatable bonds is 10. The largest absolute Gasteiger partial charge is 0.454 e. The quantitative estimate of drug-likeness (QED) is 0.305. The molecule has 0 aliphatic rings. The van der Waals surface area contributed by atoms with E-state index in [0.717, 1.165) is 4.90 Å². The van der Waals surface area contributed by atoms with Crippen LogP contribution in [0.1, 0.15) is 41.5 Å². The Morgan fingerprint density at radius 1 is 1.03 bits per heavy atom. The number of ether oxygens (including phenoxy) is 1. The van der Waals surface area contributed by atoms with E-state index < -0.39 is 12.6 Å². The Hall–Kier alpha value is -2.78. The Bertz CT molecular complexity index is 1010. The minimum absolute atomic E-state index is 0.0328. The molecule has 0 heterocycles. The molecule has 0 spiro atoms. The minimum atomic E-state index is -0.645. The van der Waals surface area contributed by atoms with Crippen LogP contribution in [-0.2, 0) is 14.3 Å². The first-order chi connectivity index (χ1) is 15.2. The molecule has 2 aromatic rings. The number of anilines is 1. The van der Waals surface area contributed by atoms with Gasteiger partial charge in [-0.2, -0.15) is 0 Å². The Morgan fingerprint density at radius 2 is 1.75 bits per heavy atom. The number of Topliss-reactive ketones (excluding diaryl/α,β-unsaturated/α-hetero) is 1. The number of thioether (sulfide) groups is 2. The van der Waals surface area contributed by atoms with Gasteiger partial charge in [-0.25, -0.2) is 4.79 Å². The van der Waals surface area contributed by atoms with E-state index in [4.69, 9.17) is 4.74 Å². The maximum Gasteiger partial charge on any atom is 0.339 e. The first kappa shape index (κ1) is 25.5. The summed E-state index contributed by atoms with van der Waals surface area (Å²) in [5.41, 5.74) is 1.15. The van der Waals surface area contributed by atoms with Crippen molar-refractivity contribution >= 4 is 52.8 Å². The van der Waals surface area contributed by atoms with Crippen molar-refractivity contribution in [3.05, 3.63) is 53.6 Å². The van der Waals surface area contributed by atoms with Crippen LogP contribution in [-0.4, -0.2) is 48.2 Å². The van der Waals surface area contributed by atoms with Gasteiger partial charge in [0.2, 0.25) is 11.8 Å². The molecule has 0 saturated carbocycles. The zero-order valence-electron chi connectivity index (χ0n) is 18.4. The Morgan fingerprint density at radius 3 is 2.41 bits per heavy atom. The van der Waals surface area contributed by atoms with E-state index in [1.54, 1.807) is 42.5 Å². The highest BCUT2D eigenvalue weighted by Crippen LogP contribution is 2.27. The summed E-state index contributed by atoms with van der Waals surface area (Å²) in [6.45, 7) is 4.70. The summed E-state index contributed by atoms with van der Waals surface area (Å²) in [4.78, 5) is 49.9. The zero-order chi connectivity index (χ0) is 23.7. The first-order valence-corrected chi connectivity index (χ1v) is 12.1. The molecule has 0 saturated heterocycles. The lowest BCUT2D eigenvalue weighted by atomic mass is 10.1.